The van der Waals surface area contributed by atoms with E-state index in [4.69, 9.17) is 0 Å². The maximum Gasteiger partial charge on any atom is 0.315 e. The van der Waals surface area contributed by atoms with Crippen LogP contribution in [0.15, 0.2) is 0 Å². The van der Waals surface area contributed by atoms with Crippen LogP contribution < -0.4 is 10.6 Å². The highest BCUT2D eigenvalue weighted by molar-refractivity contribution is 5.74. The van der Waals surface area contributed by atoms with E-state index < -0.39 is 0 Å². The van der Waals surface area contributed by atoms with Crippen LogP contribution in [-0.2, 0) is 0 Å². The molecule has 18 heavy (non-hydrogen) atoms. The zero-order chi connectivity index (χ0) is 12.8. The van der Waals surface area contributed by atoms with E-state index in [1.54, 1.807) is 0 Å². The highest BCUT2D eigenvalue weighted by Crippen LogP contribution is 2.19. The third kappa shape index (κ3) is 4.48. The third-order valence-corrected chi connectivity index (χ3v) is 4.22. The molecule has 4 heteroatoms. The standard InChI is InChI=1S/C14H26N2O2/c17-13-9-7-12(8-10-13)16-14(18)15-11-5-3-1-2-4-6-11/h11-13,17H,1-10H2,(H2,15,16,18). The SMILES string of the molecule is O=C(NC1CCCCCC1)NC1CCC(O)CC1. The fraction of sp³-hybridized carbons (Fsp3) is 0.929. The molecular formula is C14H26N2O2. The van der Waals surface area contributed by atoms with Gasteiger partial charge < -0.3 is 15.7 Å². The summed E-state index contributed by atoms with van der Waals surface area (Å²) in [5.41, 5.74) is 0. The van der Waals surface area contributed by atoms with Gasteiger partial charge in [0.2, 0.25) is 0 Å². The summed E-state index contributed by atoms with van der Waals surface area (Å²) in [7, 11) is 0. The van der Waals surface area contributed by atoms with Gasteiger partial charge in [0.25, 0.3) is 0 Å². The van der Waals surface area contributed by atoms with Crippen LogP contribution in [0.1, 0.15) is 64.2 Å². The van der Waals surface area contributed by atoms with Gasteiger partial charge >= 0.3 is 6.03 Å². The highest BCUT2D eigenvalue weighted by atomic mass is 16.3. The molecule has 0 aromatic heterocycles. The molecule has 104 valence electrons. The molecule has 2 rings (SSSR count). The first-order valence-electron chi connectivity index (χ1n) is 7.49. The lowest BCUT2D eigenvalue weighted by atomic mass is 9.93. The molecule has 2 saturated carbocycles. The van der Waals surface area contributed by atoms with Crippen LogP contribution in [0.2, 0.25) is 0 Å². The molecule has 4 nitrogen and oxygen atoms in total. The quantitative estimate of drug-likeness (QED) is 0.662. The molecule has 0 aromatic carbocycles. The van der Waals surface area contributed by atoms with Gasteiger partial charge in [0, 0.05) is 12.1 Å². The van der Waals surface area contributed by atoms with E-state index in [1.165, 1.54) is 25.7 Å². The van der Waals surface area contributed by atoms with E-state index in [-0.39, 0.29) is 18.2 Å². The van der Waals surface area contributed by atoms with Crippen molar-refractivity contribution in [3.05, 3.63) is 0 Å². The Labute approximate surface area is 110 Å². The van der Waals surface area contributed by atoms with Crippen LogP contribution in [0.25, 0.3) is 0 Å². The van der Waals surface area contributed by atoms with Crippen LogP contribution in [0.3, 0.4) is 0 Å². The molecule has 2 aliphatic carbocycles. The molecule has 2 aliphatic rings. The Morgan fingerprint density at radius 3 is 1.83 bits per heavy atom. The number of urea groups is 1. The van der Waals surface area contributed by atoms with E-state index >= 15 is 0 Å². The number of nitrogens with one attached hydrogen (secondary N) is 2. The molecule has 0 radical (unpaired) electrons. The summed E-state index contributed by atoms with van der Waals surface area (Å²) >= 11 is 0. The van der Waals surface area contributed by atoms with E-state index in [2.05, 4.69) is 10.6 Å². The summed E-state index contributed by atoms with van der Waals surface area (Å²) in [6.45, 7) is 0. The van der Waals surface area contributed by atoms with Crippen molar-refractivity contribution in [1.82, 2.24) is 10.6 Å². The normalized spacial score (nSPS) is 30.5. The molecule has 0 atom stereocenters. The second-order valence-electron chi connectivity index (χ2n) is 5.81. The van der Waals surface area contributed by atoms with Gasteiger partial charge in [-0.05, 0) is 38.5 Å². The number of hydrogen-bond donors (Lipinski definition) is 3. The molecular weight excluding hydrogens is 228 g/mol. The molecule has 0 unspecified atom stereocenters. The molecule has 0 spiro atoms. The Morgan fingerprint density at radius 1 is 0.778 bits per heavy atom. The van der Waals surface area contributed by atoms with E-state index in [0.29, 0.717) is 6.04 Å². The van der Waals surface area contributed by atoms with E-state index in [9.17, 15) is 9.90 Å². The van der Waals surface area contributed by atoms with Crippen molar-refractivity contribution in [2.75, 3.05) is 0 Å². The number of amides is 2. The molecule has 2 fully saturated rings. The Morgan fingerprint density at radius 2 is 1.28 bits per heavy atom. The van der Waals surface area contributed by atoms with Gasteiger partial charge in [-0.25, -0.2) is 4.79 Å². The van der Waals surface area contributed by atoms with Crippen molar-refractivity contribution in [3.8, 4) is 0 Å². The Balaban J connectivity index is 1.67. The molecule has 0 bridgehead atoms. The van der Waals surface area contributed by atoms with E-state index in [1.807, 2.05) is 0 Å². The van der Waals surface area contributed by atoms with Crippen LogP contribution in [0.5, 0.6) is 0 Å². The van der Waals surface area contributed by atoms with Gasteiger partial charge in [0.15, 0.2) is 0 Å². The predicted octanol–water partition coefficient (Wildman–Crippen LogP) is 2.31. The lowest BCUT2D eigenvalue weighted by molar-refractivity contribution is 0.117. The zero-order valence-corrected chi connectivity index (χ0v) is 11.2. The summed E-state index contributed by atoms with van der Waals surface area (Å²) in [6, 6.07) is 0.601. The molecule has 0 saturated heterocycles. The Kier molecular flexibility index (Phi) is 5.29. The third-order valence-electron chi connectivity index (χ3n) is 4.22. The van der Waals surface area contributed by atoms with Crippen molar-refractivity contribution in [3.63, 3.8) is 0 Å². The first-order chi connectivity index (χ1) is 8.74. The number of carbonyl (C=O) groups is 1. The number of hydrogen-bond acceptors (Lipinski definition) is 2. The number of rotatable bonds is 2. The molecule has 3 N–H and O–H groups in total. The van der Waals surface area contributed by atoms with Gasteiger partial charge in [-0.3, -0.25) is 0 Å². The minimum atomic E-state index is -0.159. The summed E-state index contributed by atoms with van der Waals surface area (Å²) in [4.78, 5) is 11.9. The topological polar surface area (TPSA) is 61.4 Å². The average Bonchev–Trinajstić information content (AvgIpc) is 2.61. The van der Waals surface area contributed by atoms with Crippen LogP contribution in [0.4, 0.5) is 4.79 Å². The van der Waals surface area contributed by atoms with Crippen molar-refractivity contribution >= 4 is 6.03 Å². The smallest absolute Gasteiger partial charge is 0.315 e. The minimum Gasteiger partial charge on any atom is -0.393 e. The van der Waals surface area contributed by atoms with Crippen LogP contribution >= 0.6 is 0 Å². The van der Waals surface area contributed by atoms with Gasteiger partial charge in [-0.1, -0.05) is 25.7 Å². The van der Waals surface area contributed by atoms with Crippen molar-refractivity contribution < 1.29 is 9.90 Å². The Hall–Kier alpha value is -0.770. The van der Waals surface area contributed by atoms with E-state index in [0.717, 1.165) is 38.5 Å². The lowest BCUT2D eigenvalue weighted by Gasteiger charge is -2.27. The number of aliphatic hydroxyl groups excluding tert-OH is 1. The van der Waals surface area contributed by atoms with Crippen LogP contribution in [-0.4, -0.2) is 29.3 Å². The molecule has 0 heterocycles. The summed E-state index contributed by atoms with van der Waals surface area (Å²) in [5.74, 6) is 0. The zero-order valence-electron chi connectivity index (χ0n) is 11.2. The van der Waals surface area contributed by atoms with Gasteiger partial charge in [0.05, 0.1) is 6.10 Å². The fourth-order valence-corrected chi connectivity index (χ4v) is 3.06. The highest BCUT2D eigenvalue weighted by Gasteiger charge is 2.22. The maximum atomic E-state index is 11.9. The fourth-order valence-electron chi connectivity index (χ4n) is 3.06. The molecule has 0 aliphatic heterocycles. The molecule has 0 aromatic rings. The lowest BCUT2D eigenvalue weighted by Crippen LogP contribution is -2.47. The van der Waals surface area contributed by atoms with Crippen LogP contribution in [0, 0.1) is 0 Å². The minimum absolute atomic E-state index is 0.0108. The van der Waals surface area contributed by atoms with Gasteiger partial charge in [-0.2, -0.15) is 0 Å². The maximum absolute atomic E-state index is 11.9. The van der Waals surface area contributed by atoms with Crippen molar-refractivity contribution in [2.24, 2.45) is 0 Å². The Bertz CT molecular complexity index is 255. The summed E-state index contributed by atoms with van der Waals surface area (Å²) in [5, 5.41) is 15.6. The second kappa shape index (κ2) is 6.98. The van der Waals surface area contributed by atoms with Crippen molar-refractivity contribution in [2.45, 2.75) is 82.4 Å². The first kappa shape index (κ1) is 13.7. The molecule has 2 amide bonds. The predicted molar refractivity (Wildman–Crippen MR) is 71.4 cm³/mol. The summed E-state index contributed by atoms with van der Waals surface area (Å²) in [6.07, 6.45) is 10.6. The number of carbonyl (C=O) groups excluding carboxylic acids is 1. The van der Waals surface area contributed by atoms with Gasteiger partial charge in [0.1, 0.15) is 0 Å². The first-order valence-corrected chi connectivity index (χ1v) is 7.49. The van der Waals surface area contributed by atoms with Gasteiger partial charge in [-0.15, -0.1) is 0 Å². The number of aliphatic hydroxyl groups is 1. The van der Waals surface area contributed by atoms with Crippen molar-refractivity contribution in [1.29, 1.82) is 0 Å². The summed E-state index contributed by atoms with van der Waals surface area (Å²) < 4.78 is 0. The second-order valence-corrected chi connectivity index (χ2v) is 5.81. The largest absolute Gasteiger partial charge is 0.393 e. The monoisotopic (exact) mass is 254 g/mol. The average molecular weight is 254 g/mol.